The van der Waals surface area contributed by atoms with Crippen molar-refractivity contribution < 1.29 is 0 Å². The van der Waals surface area contributed by atoms with Gasteiger partial charge in [0.05, 0.1) is 11.3 Å². The summed E-state index contributed by atoms with van der Waals surface area (Å²) in [5, 5.41) is 3.31. The lowest BCUT2D eigenvalue weighted by Gasteiger charge is -2.28. The Labute approximate surface area is 118 Å². The summed E-state index contributed by atoms with van der Waals surface area (Å²) in [6.45, 7) is 2.27. The van der Waals surface area contributed by atoms with E-state index in [4.69, 9.17) is 0 Å². The van der Waals surface area contributed by atoms with Crippen LogP contribution >= 0.6 is 0 Å². The number of rotatable bonds is 3. The fourth-order valence-corrected chi connectivity index (χ4v) is 3.02. The third-order valence-corrected chi connectivity index (χ3v) is 4.34. The van der Waals surface area contributed by atoms with Gasteiger partial charge in [0.25, 0.3) is 0 Å². The van der Waals surface area contributed by atoms with Gasteiger partial charge in [-0.3, -0.25) is 9.59 Å². The van der Waals surface area contributed by atoms with E-state index in [9.17, 15) is 9.59 Å². The topological polar surface area (TPSA) is 46.2 Å². The Morgan fingerprint density at radius 1 is 0.950 bits per heavy atom. The summed E-state index contributed by atoms with van der Waals surface area (Å²) in [5.41, 5.74) is 1.21. The van der Waals surface area contributed by atoms with Crippen molar-refractivity contribution in [1.29, 1.82) is 0 Å². The van der Waals surface area contributed by atoms with Crippen LogP contribution in [0.2, 0.25) is 0 Å². The highest BCUT2D eigenvalue weighted by Crippen LogP contribution is 2.29. The minimum atomic E-state index is -0.359. The van der Waals surface area contributed by atoms with E-state index in [0.717, 1.165) is 24.3 Å². The van der Waals surface area contributed by atoms with Gasteiger partial charge in [-0.25, -0.2) is 0 Å². The molecule has 0 atom stereocenters. The first-order chi connectivity index (χ1) is 9.66. The zero-order valence-electron chi connectivity index (χ0n) is 11.7. The van der Waals surface area contributed by atoms with Gasteiger partial charge in [-0.1, -0.05) is 37.3 Å². The Morgan fingerprint density at radius 3 is 2.25 bits per heavy atom. The number of benzene rings is 1. The number of hydrogen-bond acceptors (Lipinski definition) is 3. The summed E-state index contributed by atoms with van der Waals surface area (Å²) in [7, 11) is 0. The Morgan fingerprint density at radius 2 is 1.60 bits per heavy atom. The van der Waals surface area contributed by atoms with Crippen LogP contribution < -0.4 is 16.2 Å². The van der Waals surface area contributed by atoms with Crippen LogP contribution in [-0.2, 0) is 0 Å². The summed E-state index contributed by atoms with van der Waals surface area (Å²) in [4.78, 5) is 23.6. The molecule has 1 aliphatic rings. The molecule has 0 amide bonds. The second kappa shape index (κ2) is 5.23. The molecule has 1 fully saturated rings. The molecule has 1 saturated carbocycles. The van der Waals surface area contributed by atoms with Gasteiger partial charge in [-0.2, -0.15) is 0 Å². The normalized spacial score (nSPS) is 22.9. The lowest BCUT2D eigenvalue weighted by atomic mass is 9.86. The zero-order chi connectivity index (χ0) is 14.1. The Hall–Kier alpha value is -1.90. The molecule has 0 saturated heterocycles. The molecule has 1 N–H and O–H groups in total. The van der Waals surface area contributed by atoms with E-state index >= 15 is 0 Å². The van der Waals surface area contributed by atoms with E-state index in [-0.39, 0.29) is 10.9 Å². The average Bonchev–Trinajstić information content (AvgIpc) is 2.49. The maximum Gasteiger partial charge on any atom is 0.250 e. The van der Waals surface area contributed by atoms with E-state index in [1.165, 1.54) is 12.8 Å². The molecular formula is C17H19NO2. The highest BCUT2D eigenvalue weighted by molar-refractivity contribution is 5.81. The fraction of sp³-hybridized carbons (Fsp3) is 0.412. The van der Waals surface area contributed by atoms with Gasteiger partial charge >= 0.3 is 0 Å². The second-order valence-corrected chi connectivity index (χ2v) is 5.88. The molecule has 2 aromatic carbocycles. The van der Waals surface area contributed by atoms with Crippen LogP contribution in [0.5, 0.6) is 0 Å². The van der Waals surface area contributed by atoms with E-state index in [0.29, 0.717) is 17.3 Å². The van der Waals surface area contributed by atoms with Crippen molar-refractivity contribution in [2.24, 2.45) is 5.92 Å². The lowest BCUT2D eigenvalue weighted by molar-refractivity contribution is 0.361. The molecule has 104 valence electrons. The minimum absolute atomic E-state index is 0.331. The van der Waals surface area contributed by atoms with Crippen LogP contribution in [0.4, 0.5) is 5.69 Å². The van der Waals surface area contributed by atoms with E-state index in [1.807, 2.05) is 30.3 Å². The first kappa shape index (κ1) is 13.1. The predicted molar refractivity (Wildman–Crippen MR) is 81.8 cm³/mol. The van der Waals surface area contributed by atoms with Crippen molar-refractivity contribution in [2.75, 3.05) is 5.32 Å². The fourth-order valence-electron chi connectivity index (χ4n) is 3.02. The maximum absolute atomic E-state index is 11.8. The van der Waals surface area contributed by atoms with E-state index in [1.54, 1.807) is 0 Å². The van der Waals surface area contributed by atoms with Crippen LogP contribution in [0.25, 0.3) is 11.1 Å². The molecule has 3 heteroatoms. The Kier molecular flexibility index (Phi) is 3.43. The number of anilines is 1. The maximum atomic E-state index is 11.8. The van der Waals surface area contributed by atoms with Gasteiger partial charge in [0.15, 0.2) is 0 Å². The third kappa shape index (κ3) is 2.28. The Balaban J connectivity index is 1.83. The Bertz CT molecular complexity index is 660. The van der Waals surface area contributed by atoms with Crippen LogP contribution in [0, 0.1) is 5.92 Å². The molecule has 0 radical (unpaired) electrons. The summed E-state index contributed by atoms with van der Waals surface area (Å²) >= 11 is 0. The standard InChI is InChI=1S/C17H19NO2/c1-11-7-9-13(10-8-11)18-15-14(16(19)17(15)20)12-5-3-2-4-6-12/h2-6,11,13,18H,7-10H2,1H3. The molecule has 0 heterocycles. The van der Waals surface area contributed by atoms with Gasteiger partial charge in [-0.05, 0) is 37.2 Å². The molecule has 0 spiro atoms. The predicted octanol–water partition coefficient (Wildman–Crippen LogP) is 2.94. The average molecular weight is 269 g/mol. The minimum Gasteiger partial charge on any atom is -0.378 e. The molecule has 1 aliphatic carbocycles. The van der Waals surface area contributed by atoms with E-state index < -0.39 is 0 Å². The number of nitrogens with one attached hydrogen (secondary N) is 1. The van der Waals surface area contributed by atoms with Crippen molar-refractivity contribution in [2.45, 2.75) is 38.6 Å². The quantitative estimate of drug-likeness (QED) is 0.871. The molecule has 3 rings (SSSR count). The zero-order valence-corrected chi connectivity index (χ0v) is 11.7. The van der Waals surface area contributed by atoms with Crippen molar-refractivity contribution in [3.8, 4) is 11.1 Å². The molecular weight excluding hydrogens is 250 g/mol. The molecule has 0 unspecified atom stereocenters. The largest absolute Gasteiger partial charge is 0.378 e. The smallest absolute Gasteiger partial charge is 0.250 e. The first-order valence-electron chi connectivity index (χ1n) is 7.32. The highest BCUT2D eigenvalue weighted by Gasteiger charge is 2.26. The molecule has 2 aromatic rings. The third-order valence-electron chi connectivity index (χ3n) is 4.34. The van der Waals surface area contributed by atoms with Crippen LogP contribution in [0.15, 0.2) is 39.9 Å². The summed E-state index contributed by atoms with van der Waals surface area (Å²) in [5.74, 6) is 0.773. The van der Waals surface area contributed by atoms with Gasteiger partial charge < -0.3 is 5.32 Å². The van der Waals surface area contributed by atoms with Crippen LogP contribution in [-0.4, -0.2) is 6.04 Å². The molecule has 0 aliphatic heterocycles. The van der Waals surface area contributed by atoms with Gasteiger partial charge in [0.2, 0.25) is 10.9 Å². The van der Waals surface area contributed by atoms with E-state index in [2.05, 4.69) is 12.2 Å². The van der Waals surface area contributed by atoms with Crippen molar-refractivity contribution in [3.63, 3.8) is 0 Å². The summed E-state index contributed by atoms with van der Waals surface area (Å²) < 4.78 is 0. The second-order valence-electron chi connectivity index (χ2n) is 5.88. The van der Waals surface area contributed by atoms with Crippen molar-refractivity contribution >= 4 is 5.69 Å². The molecule has 3 nitrogen and oxygen atoms in total. The van der Waals surface area contributed by atoms with Crippen molar-refractivity contribution in [1.82, 2.24) is 0 Å². The SMILES string of the molecule is CC1CCC(Nc2c(-c3ccccc3)c(=O)c2=O)CC1. The molecule has 20 heavy (non-hydrogen) atoms. The van der Waals surface area contributed by atoms with Gasteiger partial charge in [-0.15, -0.1) is 0 Å². The van der Waals surface area contributed by atoms with Crippen LogP contribution in [0.3, 0.4) is 0 Å². The van der Waals surface area contributed by atoms with Gasteiger partial charge in [0.1, 0.15) is 0 Å². The van der Waals surface area contributed by atoms with Gasteiger partial charge in [0, 0.05) is 6.04 Å². The summed E-state index contributed by atoms with van der Waals surface area (Å²) in [6, 6.07) is 9.77. The molecule has 0 bridgehead atoms. The van der Waals surface area contributed by atoms with Crippen molar-refractivity contribution in [3.05, 3.63) is 50.8 Å². The highest BCUT2D eigenvalue weighted by atomic mass is 16.2. The first-order valence-corrected chi connectivity index (χ1v) is 7.32. The number of hydrogen-bond donors (Lipinski definition) is 1. The van der Waals surface area contributed by atoms with Crippen LogP contribution in [0.1, 0.15) is 32.6 Å². The molecule has 0 aromatic heterocycles. The lowest BCUT2D eigenvalue weighted by Crippen LogP contribution is -2.39. The summed E-state index contributed by atoms with van der Waals surface area (Å²) in [6.07, 6.45) is 4.53. The monoisotopic (exact) mass is 269 g/mol.